The van der Waals surface area contributed by atoms with E-state index in [1.54, 1.807) is 62.8 Å². The Morgan fingerprint density at radius 3 is 1.20 bits per heavy atom. The molecule has 0 aliphatic rings. The Balaban J connectivity index is 1.31. The number of ether oxygens (including phenoxy) is 2. The highest BCUT2D eigenvalue weighted by molar-refractivity contribution is 6.05. The van der Waals surface area contributed by atoms with Gasteiger partial charge in [0.05, 0.1) is 14.2 Å². The molecule has 0 bridgehead atoms. The van der Waals surface area contributed by atoms with Crippen LogP contribution in [0.5, 0.6) is 11.5 Å². The molecular formula is C29H26N2O4. The molecular weight excluding hydrogens is 440 g/mol. The number of hydrogen-bond donors (Lipinski definition) is 2. The Kier molecular flexibility index (Phi) is 7.43. The maximum Gasteiger partial charge on any atom is 0.255 e. The number of nitrogens with one attached hydrogen (secondary N) is 2. The van der Waals surface area contributed by atoms with Gasteiger partial charge in [0.15, 0.2) is 0 Å². The summed E-state index contributed by atoms with van der Waals surface area (Å²) in [5, 5.41) is 5.81. The van der Waals surface area contributed by atoms with Crippen molar-refractivity contribution in [3.05, 3.63) is 119 Å². The van der Waals surface area contributed by atoms with Gasteiger partial charge in [-0.15, -0.1) is 0 Å². The summed E-state index contributed by atoms with van der Waals surface area (Å²) in [6, 6.07) is 29.5. The highest BCUT2D eigenvalue weighted by atomic mass is 16.5. The van der Waals surface area contributed by atoms with Crippen molar-refractivity contribution >= 4 is 23.2 Å². The molecule has 0 radical (unpaired) electrons. The van der Waals surface area contributed by atoms with E-state index < -0.39 is 0 Å². The summed E-state index contributed by atoms with van der Waals surface area (Å²) in [6.07, 6.45) is 0.736. The molecule has 0 fully saturated rings. The van der Waals surface area contributed by atoms with Crippen LogP contribution in [0.1, 0.15) is 31.8 Å². The molecule has 0 aliphatic heterocycles. The summed E-state index contributed by atoms with van der Waals surface area (Å²) in [5.41, 5.74) is 4.81. The zero-order valence-corrected chi connectivity index (χ0v) is 19.6. The van der Waals surface area contributed by atoms with Crippen molar-refractivity contribution in [2.75, 3.05) is 24.9 Å². The number of methoxy groups -OCH3 is 2. The fourth-order valence-electron chi connectivity index (χ4n) is 3.54. The van der Waals surface area contributed by atoms with Gasteiger partial charge in [0, 0.05) is 22.5 Å². The molecule has 176 valence electrons. The number of benzene rings is 4. The summed E-state index contributed by atoms with van der Waals surface area (Å²) in [5.74, 6) is 1.07. The minimum Gasteiger partial charge on any atom is -0.497 e. The molecule has 0 unspecified atom stereocenters. The van der Waals surface area contributed by atoms with Crippen molar-refractivity contribution in [1.82, 2.24) is 0 Å². The molecule has 2 amide bonds. The van der Waals surface area contributed by atoms with Crippen LogP contribution in [0.25, 0.3) is 0 Å². The number of amides is 2. The molecule has 0 saturated carbocycles. The second kappa shape index (κ2) is 11.0. The first-order valence-corrected chi connectivity index (χ1v) is 11.1. The molecule has 0 heterocycles. The van der Waals surface area contributed by atoms with Crippen LogP contribution in [-0.2, 0) is 6.42 Å². The number of hydrogen-bond acceptors (Lipinski definition) is 4. The van der Waals surface area contributed by atoms with E-state index in [0.29, 0.717) is 22.6 Å². The minimum absolute atomic E-state index is 0.173. The molecule has 6 heteroatoms. The van der Waals surface area contributed by atoms with Crippen molar-refractivity contribution in [1.29, 1.82) is 0 Å². The van der Waals surface area contributed by atoms with Crippen molar-refractivity contribution in [3.8, 4) is 11.5 Å². The van der Waals surface area contributed by atoms with Crippen molar-refractivity contribution < 1.29 is 19.1 Å². The molecule has 6 nitrogen and oxygen atoms in total. The van der Waals surface area contributed by atoms with Crippen LogP contribution in [0.3, 0.4) is 0 Å². The third-order valence-electron chi connectivity index (χ3n) is 5.54. The molecule has 0 atom stereocenters. The van der Waals surface area contributed by atoms with E-state index in [2.05, 4.69) is 10.6 Å². The molecule has 0 saturated heterocycles. The molecule has 4 rings (SSSR count). The van der Waals surface area contributed by atoms with Crippen LogP contribution in [0, 0.1) is 0 Å². The lowest BCUT2D eigenvalue weighted by molar-refractivity contribution is 0.101. The third kappa shape index (κ3) is 6.26. The monoisotopic (exact) mass is 466 g/mol. The summed E-state index contributed by atoms with van der Waals surface area (Å²) >= 11 is 0. The molecule has 0 aromatic heterocycles. The van der Waals surface area contributed by atoms with Crippen LogP contribution >= 0.6 is 0 Å². The summed E-state index contributed by atoms with van der Waals surface area (Å²) in [7, 11) is 3.18. The average molecular weight is 467 g/mol. The van der Waals surface area contributed by atoms with Crippen LogP contribution < -0.4 is 20.1 Å². The van der Waals surface area contributed by atoms with E-state index in [1.807, 2.05) is 48.5 Å². The van der Waals surface area contributed by atoms with E-state index in [0.717, 1.165) is 28.9 Å². The minimum atomic E-state index is -0.173. The van der Waals surface area contributed by atoms with Crippen LogP contribution in [-0.4, -0.2) is 26.0 Å². The van der Waals surface area contributed by atoms with Gasteiger partial charge in [-0.1, -0.05) is 24.3 Å². The van der Waals surface area contributed by atoms with E-state index in [-0.39, 0.29) is 11.8 Å². The molecule has 0 spiro atoms. The maximum atomic E-state index is 12.4. The number of carbonyl (C=O) groups excluding carboxylic acids is 2. The topological polar surface area (TPSA) is 76.7 Å². The van der Waals surface area contributed by atoms with Gasteiger partial charge in [-0.25, -0.2) is 0 Å². The normalized spacial score (nSPS) is 10.3. The van der Waals surface area contributed by atoms with Crippen molar-refractivity contribution in [2.24, 2.45) is 0 Å². The highest BCUT2D eigenvalue weighted by Gasteiger charge is 2.08. The SMILES string of the molecule is COc1ccc(C(=O)Nc2ccc(Cc3ccc(NC(=O)c4ccc(OC)cc4)cc3)cc2)cc1. The summed E-state index contributed by atoms with van der Waals surface area (Å²) < 4.78 is 10.2. The quantitative estimate of drug-likeness (QED) is 0.344. The van der Waals surface area contributed by atoms with Crippen LogP contribution in [0.2, 0.25) is 0 Å². The number of carbonyl (C=O) groups is 2. The lowest BCUT2D eigenvalue weighted by Gasteiger charge is -2.09. The molecule has 35 heavy (non-hydrogen) atoms. The second-order valence-electron chi connectivity index (χ2n) is 7.94. The predicted molar refractivity (Wildman–Crippen MR) is 138 cm³/mol. The van der Waals surface area contributed by atoms with Crippen LogP contribution in [0.4, 0.5) is 11.4 Å². The van der Waals surface area contributed by atoms with Gasteiger partial charge in [0.2, 0.25) is 0 Å². The molecule has 4 aromatic rings. The lowest BCUT2D eigenvalue weighted by atomic mass is 10.0. The standard InChI is InChI=1S/C29H26N2O4/c1-34-26-15-7-22(8-16-26)28(32)30-24-11-3-20(4-12-24)19-21-5-13-25(14-6-21)31-29(33)23-9-17-27(35-2)18-10-23/h3-18H,19H2,1-2H3,(H,30,32)(H,31,33). The number of rotatable bonds is 8. The lowest BCUT2D eigenvalue weighted by Crippen LogP contribution is -2.11. The fourth-order valence-corrected chi connectivity index (χ4v) is 3.54. The summed E-state index contributed by atoms with van der Waals surface area (Å²) in [6.45, 7) is 0. The Labute approximate surface area is 204 Å². The van der Waals surface area contributed by atoms with E-state index in [9.17, 15) is 9.59 Å². The van der Waals surface area contributed by atoms with E-state index >= 15 is 0 Å². The molecule has 2 N–H and O–H groups in total. The predicted octanol–water partition coefficient (Wildman–Crippen LogP) is 5.80. The van der Waals surface area contributed by atoms with Crippen molar-refractivity contribution in [3.63, 3.8) is 0 Å². The zero-order chi connectivity index (χ0) is 24.6. The first-order chi connectivity index (χ1) is 17.0. The Hall–Kier alpha value is -4.58. The molecule has 4 aromatic carbocycles. The van der Waals surface area contributed by atoms with Gasteiger partial charge < -0.3 is 20.1 Å². The largest absolute Gasteiger partial charge is 0.497 e. The first kappa shape index (κ1) is 23.6. The van der Waals surface area contributed by atoms with Gasteiger partial charge in [-0.05, 0) is 90.3 Å². The Bertz CT molecular complexity index is 1180. The van der Waals surface area contributed by atoms with Gasteiger partial charge in [0.1, 0.15) is 11.5 Å². The third-order valence-corrected chi connectivity index (χ3v) is 5.54. The zero-order valence-electron chi connectivity index (χ0n) is 19.6. The second-order valence-corrected chi connectivity index (χ2v) is 7.94. The van der Waals surface area contributed by atoms with Crippen molar-refractivity contribution in [2.45, 2.75) is 6.42 Å². The first-order valence-electron chi connectivity index (χ1n) is 11.1. The Morgan fingerprint density at radius 2 is 0.886 bits per heavy atom. The van der Waals surface area contributed by atoms with Gasteiger partial charge in [-0.2, -0.15) is 0 Å². The summed E-state index contributed by atoms with van der Waals surface area (Å²) in [4.78, 5) is 24.9. The van der Waals surface area contributed by atoms with E-state index in [1.165, 1.54) is 0 Å². The number of anilines is 2. The fraction of sp³-hybridized carbons (Fsp3) is 0.103. The molecule has 0 aliphatic carbocycles. The highest BCUT2D eigenvalue weighted by Crippen LogP contribution is 2.19. The van der Waals surface area contributed by atoms with E-state index in [4.69, 9.17) is 9.47 Å². The Morgan fingerprint density at radius 1 is 0.543 bits per heavy atom. The average Bonchev–Trinajstić information content (AvgIpc) is 2.91. The van der Waals surface area contributed by atoms with Gasteiger partial charge in [0.25, 0.3) is 11.8 Å². The van der Waals surface area contributed by atoms with Gasteiger partial charge >= 0.3 is 0 Å². The van der Waals surface area contributed by atoms with Gasteiger partial charge in [-0.3, -0.25) is 9.59 Å². The smallest absolute Gasteiger partial charge is 0.255 e. The van der Waals surface area contributed by atoms with Crippen LogP contribution in [0.15, 0.2) is 97.1 Å². The maximum absolute atomic E-state index is 12.4.